The van der Waals surface area contributed by atoms with Crippen LogP contribution in [0.15, 0.2) is 16.9 Å². The van der Waals surface area contributed by atoms with Gasteiger partial charge in [0, 0.05) is 56.2 Å². The molecule has 1 saturated carbocycles. The maximum Gasteiger partial charge on any atom is 0.266 e. The van der Waals surface area contributed by atoms with Crippen molar-refractivity contribution in [3.05, 3.63) is 34.0 Å². The number of piperazine rings is 1. The van der Waals surface area contributed by atoms with Gasteiger partial charge < -0.3 is 4.90 Å². The number of aromatic nitrogens is 4. The highest BCUT2D eigenvalue weighted by Crippen LogP contribution is 2.36. The summed E-state index contributed by atoms with van der Waals surface area (Å²) in [6, 6.07) is 3.35. The molecule has 0 bridgehead atoms. The van der Waals surface area contributed by atoms with Crippen molar-refractivity contribution in [3.63, 3.8) is 0 Å². The van der Waals surface area contributed by atoms with Crippen molar-refractivity contribution < 1.29 is 0 Å². The average molecular weight is 360 g/mol. The van der Waals surface area contributed by atoms with Crippen LogP contribution in [0.2, 0.25) is 0 Å². The van der Waals surface area contributed by atoms with E-state index in [4.69, 9.17) is 4.98 Å². The Morgan fingerprint density at radius 3 is 2.68 bits per heavy atom. The van der Waals surface area contributed by atoms with Crippen LogP contribution >= 0.6 is 11.5 Å². The van der Waals surface area contributed by atoms with Crippen LogP contribution in [0.25, 0.3) is 0 Å². The van der Waals surface area contributed by atoms with E-state index in [1.165, 1.54) is 30.8 Å². The third-order valence-electron chi connectivity index (χ3n) is 5.17. The van der Waals surface area contributed by atoms with Gasteiger partial charge in [-0.15, -0.1) is 0 Å². The van der Waals surface area contributed by atoms with Gasteiger partial charge in [0.05, 0.1) is 12.2 Å². The Kier molecular flexibility index (Phi) is 4.80. The fourth-order valence-corrected chi connectivity index (χ4v) is 4.09. The Bertz CT molecular complexity index is 775. The van der Waals surface area contributed by atoms with Crippen LogP contribution in [0.1, 0.15) is 36.7 Å². The first-order valence-electron chi connectivity index (χ1n) is 9.05. The minimum Gasteiger partial charge on any atom is -0.344 e. The summed E-state index contributed by atoms with van der Waals surface area (Å²) in [4.78, 5) is 21.3. The van der Waals surface area contributed by atoms with Crippen LogP contribution < -0.4 is 10.5 Å². The number of hydrogen-bond acceptors (Lipinski definition) is 7. The van der Waals surface area contributed by atoms with Gasteiger partial charge in [-0.3, -0.25) is 9.69 Å². The molecular weight excluding hydrogens is 336 g/mol. The molecule has 2 aromatic rings. The highest BCUT2D eigenvalue weighted by molar-refractivity contribution is 7.09. The maximum absolute atomic E-state index is 11.8. The highest BCUT2D eigenvalue weighted by Gasteiger charge is 2.26. The monoisotopic (exact) mass is 360 g/mol. The molecule has 4 rings (SSSR count). The second-order valence-electron chi connectivity index (χ2n) is 6.93. The molecule has 0 radical (unpaired) electrons. The number of nitrogens with zero attached hydrogens (tertiary/aromatic N) is 6. The number of anilines is 1. The van der Waals surface area contributed by atoms with E-state index in [1.807, 2.05) is 6.92 Å². The molecule has 0 unspecified atom stereocenters. The van der Waals surface area contributed by atoms with Gasteiger partial charge in [0.15, 0.2) is 0 Å². The molecule has 0 atom stereocenters. The van der Waals surface area contributed by atoms with Crippen molar-refractivity contribution in [2.24, 2.45) is 0 Å². The van der Waals surface area contributed by atoms with E-state index in [0.29, 0.717) is 12.5 Å². The molecule has 8 heteroatoms. The first-order valence-corrected chi connectivity index (χ1v) is 9.82. The summed E-state index contributed by atoms with van der Waals surface area (Å²) >= 11 is 1.54. The summed E-state index contributed by atoms with van der Waals surface area (Å²) < 4.78 is 6.12. The van der Waals surface area contributed by atoms with Crippen LogP contribution in [-0.4, -0.2) is 56.8 Å². The fourth-order valence-electron chi connectivity index (χ4n) is 3.30. The minimum atomic E-state index is -0.0263. The average Bonchev–Trinajstić information content (AvgIpc) is 3.04. The van der Waals surface area contributed by atoms with E-state index in [-0.39, 0.29) is 5.56 Å². The molecular formula is C17H24N6OS. The summed E-state index contributed by atoms with van der Waals surface area (Å²) in [5.41, 5.74) is 0.851. The Balaban J connectivity index is 1.28. The third kappa shape index (κ3) is 3.74. The van der Waals surface area contributed by atoms with Gasteiger partial charge in [-0.05, 0) is 25.8 Å². The van der Waals surface area contributed by atoms with Crippen LogP contribution in [0.4, 0.5) is 5.13 Å². The van der Waals surface area contributed by atoms with Crippen molar-refractivity contribution in [1.82, 2.24) is 24.0 Å². The minimum absolute atomic E-state index is 0.0263. The van der Waals surface area contributed by atoms with Crippen molar-refractivity contribution in [2.75, 3.05) is 37.6 Å². The molecule has 0 spiro atoms. The first-order chi connectivity index (χ1) is 12.2. The number of hydrogen-bond donors (Lipinski definition) is 0. The largest absolute Gasteiger partial charge is 0.344 e. The predicted molar refractivity (Wildman–Crippen MR) is 98.4 cm³/mol. The molecule has 1 saturated heterocycles. The second kappa shape index (κ2) is 7.21. The maximum atomic E-state index is 11.8. The Morgan fingerprint density at radius 1 is 1.16 bits per heavy atom. The zero-order valence-electron chi connectivity index (χ0n) is 14.6. The van der Waals surface area contributed by atoms with Crippen LogP contribution in [-0.2, 0) is 6.54 Å². The molecule has 1 aliphatic carbocycles. The Labute approximate surface area is 151 Å². The van der Waals surface area contributed by atoms with E-state index in [9.17, 15) is 4.79 Å². The summed E-state index contributed by atoms with van der Waals surface area (Å²) in [6.07, 6.45) is 3.81. The zero-order valence-corrected chi connectivity index (χ0v) is 15.4. The normalized spacial score (nSPS) is 19.2. The van der Waals surface area contributed by atoms with Crippen LogP contribution in [0.5, 0.6) is 0 Å². The summed E-state index contributed by atoms with van der Waals surface area (Å²) in [7, 11) is 0. The van der Waals surface area contributed by atoms with Gasteiger partial charge in [-0.2, -0.15) is 9.47 Å². The van der Waals surface area contributed by atoms with E-state index >= 15 is 0 Å². The van der Waals surface area contributed by atoms with Gasteiger partial charge in [0.1, 0.15) is 5.82 Å². The molecule has 0 amide bonds. The topological polar surface area (TPSA) is 67.2 Å². The van der Waals surface area contributed by atoms with Gasteiger partial charge in [0.2, 0.25) is 5.13 Å². The Morgan fingerprint density at radius 2 is 1.96 bits per heavy atom. The van der Waals surface area contributed by atoms with E-state index in [0.717, 1.165) is 49.4 Å². The van der Waals surface area contributed by atoms with E-state index < -0.39 is 0 Å². The molecule has 134 valence electrons. The van der Waals surface area contributed by atoms with Crippen LogP contribution in [0, 0.1) is 6.92 Å². The Hall–Kier alpha value is -1.80. The van der Waals surface area contributed by atoms with Crippen molar-refractivity contribution >= 4 is 16.7 Å². The van der Waals surface area contributed by atoms with Crippen LogP contribution in [0.3, 0.4) is 0 Å². The molecule has 2 aromatic heterocycles. The lowest BCUT2D eigenvalue weighted by Crippen LogP contribution is -2.47. The van der Waals surface area contributed by atoms with Gasteiger partial charge in [-0.1, -0.05) is 6.42 Å². The number of aryl methyl sites for hydroxylation is 1. The SMILES string of the molecule is Cc1ccc(=O)n(CCN2CCN(c3nc(C4CCC4)ns3)CC2)n1. The number of rotatable bonds is 5. The van der Waals surface area contributed by atoms with Gasteiger partial charge in [0.25, 0.3) is 5.56 Å². The lowest BCUT2D eigenvalue weighted by Gasteiger charge is -2.34. The molecule has 2 fully saturated rings. The van der Waals surface area contributed by atoms with Crippen molar-refractivity contribution in [2.45, 2.75) is 38.6 Å². The highest BCUT2D eigenvalue weighted by atomic mass is 32.1. The quantitative estimate of drug-likeness (QED) is 0.805. The summed E-state index contributed by atoms with van der Waals surface area (Å²) in [5.74, 6) is 1.66. The molecule has 2 aliphatic rings. The molecule has 3 heterocycles. The fraction of sp³-hybridized carbons (Fsp3) is 0.647. The lowest BCUT2D eigenvalue weighted by atomic mass is 9.85. The second-order valence-corrected chi connectivity index (χ2v) is 7.66. The zero-order chi connectivity index (χ0) is 17.2. The molecule has 7 nitrogen and oxygen atoms in total. The van der Waals surface area contributed by atoms with Gasteiger partial charge in [-0.25, -0.2) is 9.67 Å². The molecule has 0 N–H and O–H groups in total. The first kappa shape index (κ1) is 16.7. The standard InChI is InChI=1S/C17H24N6OS/c1-13-5-6-15(24)23(19-13)12-9-21-7-10-22(11-8-21)17-18-16(20-25-17)14-3-2-4-14/h5-6,14H,2-4,7-12H2,1H3. The lowest BCUT2D eigenvalue weighted by molar-refractivity contribution is 0.242. The predicted octanol–water partition coefficient (Wildman–Crippen LogP) is 1.49. The molecule has 25 heavy (non-hydrogen) atoms. The van der Waals surface area contributed by atoms with Crippen molar-refractivity contribution in [3.8, 4) is 0 Å². The van der Waals surface area contributed by atoms with Crippen molar-refractivity contribution in [1.29, 1.82) is 0 Å². The molecule has 0 aromatic carbocycles. The third-order valence-corrected chi connectivity index (χ3v) is 5.96. The summed E-state index contributed by atoms with van der Waals surface area (Å²) in [5, 5.41) is 5.37. The van der Waals surface area contributed by atoms with Gasteiger partial charge >= 0.3 is 0 Å². The molecule has 1 aliphatic heterocycles. The van der Waals surface area contributed by atoms with E-state index in [1.54, 1.807) is 16.8 Å². The summed E-state index contributed by atoms with van der Waals surface area (Å²) in [6.45, 7) is 7.32. The smallest absolute Gasteiger partial charge is 0.266 e. The van der Waals surface area contributed by atoms with E-state index in [2.05, 4.69) is 19.3 Å².